The normalized spacial score (nSPS) is 10.4. The third-order valence-electron chi connectivity index (χ3n) is 0.934. The Morgan fingerprint density at radius 1 is 1.55 bits per heavy atom. The summed E-state index contributed by atoms with van der Waals surface area (Å²) in [5, 5.41) is 8.29. The average molecular weight is 160 g/mol. The standard InChI is InChI=1S/C7H12O4/c1-10-7(9)6-11-5-3-2-4-8/h2-3,8H,4-6H2,1H3. The largest absolute Gasteiger partial charge is 0.467 e. The molecule has 64 valence electrons. The van der Waals surface area contributed by atoms with Crippen LogP contribution in [0.5, 0.6) is 0 Å². The molecule has 0 rings (SSSR count). The molecule has 11 heavy (non-hydrogen) atoms. The Labute approximate surface area is 65.4 Å². The second-order valence-electron chi connectivity index (χ2n) is 1.75. The lowest BCUT2D eigenvalue weighted by Gasteiger charge is -1.97. The smallest absolute Gasteiger partial charge is 0.331 e. The van der Waals surface area contributed by atoms with E-state index in [4.69, 9.17) is 9.84 Å². The van der Waals surface area contributed by atoms with Gasteiger partial charge in [0.05, 0.1) is 20.3 Å². The van der Waals surface area contributed by atoms with E-state index in [0.29, 0.717) is 6.61 Å². The predicted molar refractivity (Wildman–Crippen MR) is 39.1 cm³/mol. The van der Waals surface area contributed by atoms with E-state index in [0.717, 1.165) is 0 Å². The van der Waals surface area contributed by atoms with Crippen LogP contribution in [-0.2, 0) is 14.3 Å². The van der Waals surface area contributed by atoms with E-state index in [2.05, 4.69) is 4.74 Å². The number of hydrogen-bond donors (Lipinski definition) is 1. The summed E-state index contributed by atoms with van der Waals surface area (Å²) in [4.78, 5) is 10.4. The number of esters is 1. The van der Waals surface area contributed by atoms with Crippen molar-refractivity contribution in [2.24, 2.45) is 0 Å². The third-order valence-corrected chi connectivity index (χ3v) is 0.934. The molecule has 0 radical (unpaired) electrons. The van der Waals surface area contributed by atoms with Crippen LogP contribution < -0.4 is 0 Å². The molecule has 0 spiro atoms. The van der Waals surface area contributed by atoms with Crippen molar-refractivity contribution in [3.05, 3.63) is 12.2 Å². The van der Waals surface area contributed by atoms with Crippen LogP contribution in [0.15, 0.2) is 12.2 Å². The minimum Gasteiger partial charge on any atom is -0.467 e. The molecule has 0 amide bonds. The maximum atomic E-state index is 10.4. The van der Waals surface area contributed by atoms with Crippen molar-refractivity contribution in [3.8, 4) is 0 Å². The Hall–Kier alpha value is -0.870. The summed E-state index contributed by atoms with van der Waals surface area (Å²) in [6, 6.07) is 0. The maximum absolute atomic E-state index is 10.4. The molecule has 0 atom stereocenters. The van der Waals surface area contributed by atoms with Crippen molar-refractivity contribution in [3.63, 3.8) is 0 Å². The number of hydrogen-bond acceptors (Lipinski definition) is 4. The lowest BCUT2D eigenvalue weighted by Crippen LogP contribution is -2.09. The number of carbonyl (C=O) groups is 1. The van der Waals surface area contributed by atoms with Gasteiger partial charge in [-0.1, -0.05) is 12.2 Å². The average Bonchev–Trinajstić information content (AvgIpc) is 2.04. The van der Waals surface area contributed by atoms with Crippen molar-refractivity contribution in [1.29, 1.82) is 0 Å². The maximum Gasteiger partial charge on any atom is 0.331 e. The Morgan fingerprint density at radius 2 is 2.27 bits per heavy atom. The molecule has 0 aromatic rings. The fourth-order valence-electron chi connectivity index (χ4n) is 0.412. The highest BCUT2D eigenvalue weighted by molar-refractivity contribution is 5.70. The van der Waals surface area contributed by atoms with Gasteiger partial charge >= 0.3 is 5.97 Å². The van der Waals surface area contributed by atoms with Crippen LogP contribution in [0.2, 0.25) is 0 Å². The third kappa shape index (κ3) is 7.02. The molecule has 0 aromatic heterocycles. The van der Waals surface area contributed by atoms with Gasteiger partial charge in [-0.25, -0.2) is 4.79 Å². The second kappa shape index (κ2) is 7.24. The van der Waals surface area contributed by atoms with Gasteiger partial charge in [0, 0.05) is 0 Å². The fourth-order valence-corrected chi connectivity index (χ4v) is 0.412. The number of rotatable bonds is 5. The van der Waals surface area contributed by atoms with Crippen LogP contribution in [0.4, 0.5) is 0 Å². The van der Waals surface area contributed by atoms with E-state index < -0.39 is 5.97 Å². The minimum atomic E-state index is -0.401. The van der Waals surface area contributed by atoms with Crippen LogP contribution in [0.1, 0.15) is 0 Å². The molecule has 0 aliphatic heterocycles. The summed E-state index contributed by atoms with van der Waals surface area (Å²) >= 11 is 0. The summed E-state index contributed by atoms with van der Waals surface area (Å²) in [5.74, 6) is -0.401. The highest BCUT2D eigenvalue weighted by Crippen LogP contribution is 1.79. The Balaban J connectivity index is 3.14. The monoisotopic (exact) mass is 160 g/mol. The molecule has 0 unspecified atom stereocenters. The lowest BCUT2D eigenvalue weighted by atomic mass is 10.5. The van der Waals surface area contributed by atoms with Crippen LogP contribution >= 0.6 is 0 Å². The molecule has 4 heteroatoms. The molecule has 0 aliphatic rings. The van der Waals surface area contributed by atoms with Gasteiger partial charge in [0.2, 0.25) is 0 Å². The number of methoxy groups -OCH3 is 1. The van der Waals surface area contributed by atoms with Crippen molar-refractivity contribution in [2.75, 3.05) is 26.9 Å². The van der Waals surface area contributed by atoms with Crippen molar-refractivity contribution >= 4 is 5.97 Å². The highest BCUT2D eigenvalue weighted by Gasteiger charge is 1.96. The van der Waals surface area contributed by atoms with Gasteiger partial charge in [-0.2, -0.15) is 0 Å². The molecule has 0 saturated carbocycles. The van der Waals surface area contributed by atoms with Gasteiger partial charge in [-0.3, -0.25) is 0 Å². The van der Waals surface area contributed by atoms with Gasteiger partial charge in [-0.15, -0.1) is 0 Å². The van der Waals surface area contributed by atoms with E-state index in [1.165, 1.54) is 13.2 Å². The Kier molecular flexibility index (Phi) is 6.67. The quantitative estimate of drug-likeness (QED) is 0.341. The Morgan fingerprint density at radius 3 is 2.82 bits per heavy atom. The summed E-state index contributed by atoms with van der Waals surface area (Å²) in [5.41, 5.74) is 0. The van der Waals surface area contributed by atoms with E-state index in [1.54, 1.807) is 6.08 Å². The second-order valence-corrected chi connectivity index (χ2v) is 1.75. The van der Waals surface area contributed by atoms with Crippen LogP contribution in [0, 0.1) is 0 Å². The van der Waals surface area contributed by atoms with Crippen molar-refractivity contribution in [1.82, 2.24) is 0 Å². The van der Waals surface area contributed by atoms with E-state index in [1.807, 2.05) is 0 Å². The topological polar surface area (TPSA) is 55.8 Å². The molecule has 0 aromatic carbocycles. The first kappa shape index (κ1) is 10.1. The van der Waals surface area contributed by atoms with Crippen LogP contribution in [0.3, 0.4) is 0 Å². The number of aliphatic hydroxyl groups is 1. The predicted octanol–water partition coefficient (Wildman–Crippen LogP) is -0.276. The SMILES string of the molecule is COC(=O)COCC=CCO. The first-order valence-corrected chi connectivity index (χ1v) is 3.21. The molecule has 0 bridgehead atoms. The zero-order valence-electron chi connectivity index (χ0n) is 6.45. The van der Waals surface area contributed by atoms with E-state index in [-0.39, 0.29) is 13.2 Å². The van der Waals surface area contributed by atoms with Gasteiger partial charge in [0.15, 0.2) is 0 Å². The zero-order valence-corrected chi connectivity index (χ0v) is 6.45. The van der Waals surface area contributed by atoms with Crippen LogP contribution in [0.25, 0.3) is 0 Å². The van der Waals surface area contributed by atoms with Gasteiger partial charge in [0.25, 0.3) is 0 Å². The molecule has 0 aliphatic carbocycles. The molecule has 0 saturated heterocycles. The van der Waals surface area contributed by atoms with Crippen LogP contribution in [-0.4, -0.2) is 38.0 Å². The van der Waals surface area contributed by atoms with Crippen molar-refractivity contribution in [2.45, 2.75) is 0 Å². The summed E-state index contributed by atoms with van der Waals surface area (Å²) in [6.45, 7) is 0.253. The fraction of sp³-hybridized carbons (Fsp3) is 0.571. The first-order chi connectivity index (χ1) is 5.31. The first-order valence-electron chi connectivity index (χ1n) is 3.21. The summed E-state index contributed by atoms with van der Waals surface area (Å²) in [6.07, 6.45) is 3.17. The van der Waals surface area contributed by atoms with E-state index >= 15 is 0 Å². The zero-order chi connectivity index (χ0) is 8.53. The van der Waals surface area contributed by atoms with Gasteiger partial charge < -0.3 is 14.6 Å². The molecular weight excluding hydrogens is 148 g/mol. The Bertz CT molecular complexity index is 130. The van der Waals surface area contributed by atoms with Gasteiger partial charge in [-0.05, 0) is 0 Å². The molecule has 0 fully saturated rings. The highest BCUT2D eigenvalue weighted by atomic mass is 16.6. The number of ether oxygens (including phenoxy) is 2. The van der Waals surface area contributed by atoms with Crippen molar-refractivity contribution < 1.29 is 19.4 Å². The number of carbonyl (C=O) groups excluding carboxylic acids is 1. The van der Waals surface area contributed by atoms with E-state index in [9.17, 15) is 4.79 Å². The molecule has 0 heterocycles. The lowest BCUT2D eigenvalue weighted by molar-refractivity contribution is -0.145. The molecule has 4 nitrogen and oxygen atoms in total. The van der Waals surface area contributed by atoms with Gasteiger partial charge in [0.1, 0.15) is 6.61 Å². The number of aliphatic hydroxyl groups excluding tert-OH is 1. The summed E-state index contributed by atoms with van der Waals surface area (Å²) < 4.78 is 9.14. The summed E-state index contributed by atoms with van der Waals surface area (Å²) in [7, 11) is 1.30. The minimum absolute atomic E-state index is 0.0123. The molecule has 1 N–H and O–H groups in total. The molecular formula is C7H12O4.